The second-order valence-corrected chi connectivity index (χ2v) is 18.9. The van der Waals surface area contributed by atoms with Gasteiger partial charge in [0.25, 0.3) is 0 Å². The van der Waals surface area contributed by atoms with Crippen molar-refractivity contribution in [3.8, 4) is 5.75 Å². The summed E-state index contributed by atoms with van der Waals surface area (Å²) in [7, 11) is 2.20. The molecule has 8 atom stereocenters. The highest BCUT2D eigenvalue weighted by Crippen LogP contribution is 2.28. The number of unbranched alkanes of at least 4 members (excludes halogenated alkanes) is 1. The number of Topliss-reactive ketones (excluding diaryl/α,β-unsaturated/α-hetero) is 1. The van der Waals surface area contributed by atoms with Crippen molar-refractivity contribution in [1.29, 1.82) is 0 Å². The predicted octanol–water partition coefficient (Wildman–Crippen LogP) is 0.618. The maximum atomic E-state index is 14.6. The Labute approximate surface area is 390 Å². The summed E-state index contributed by atoms with van der Waals surface area (Å²) in [5.74, 6) is -6.41. The van der Waals surface area contributed by atoms with E-state index in [1.54, 1.807) is 18.3 Å². The molecule has 6 amide bonds. The van der Waals surface area contributed by atoms with Crippen LogP contribution < -0.4 is 43.8 Å². The topological polar surface area (TPSA) is 314 Å². The largest absolute Gasteiger partial charge is 0.508 e. The zero-order chi connectivity index (χ0) is 47.8. The minimum absolute atomic E-state index is 0.0152. The average molecular weight is 946 g/mol. The zero-order valence-corrected chi connectivity index (χ0v) is 38.2. The van der Waals surface area contributed by atoms with Crippen molar-refractivity contribution >= 4 is 73.7 Å². The van der Waals surface area contributed by atoms with Crippen LogP contribution in [0.4, 0.5) is 0 Å². The van der Waals surface area contributed by atoms with Gasteiger partial charge in [0.15, 0.2) is 5.78 Å². The van der Waals surface area contributed by atoms with E-state index in [-0.39, 0.29) is 49.4 Å². The fraction of sp³-hybridized carbons (Fsp3) is 0.413. The molecule has 1 aliphatic heterocycles. The summed E-state index contributed by atoms with van der Waals surface area (Å²) in [6.07, 6.45) is 1.10. The molecule has 0 radical (unpaired) electrons. The number of amides is 6. The number of aromatic nitrogens is 1. The molecule has 66 heavy (non-hydrogen) atoms. The number of ketones is 1. The van der Waals surface area contributed by atoms with Crippen LogP contribution >= 0.6 is 21.6 Å². The number of para-hydroxylation sites is 1. The molecular weight excluding hydrogens is 887 g/mol. The monoisotopic (exact) mass is 945 g/mol. The highest BCUT2D eigenvalue weighted by atomic mass is 33.1. The lowest BCUT2D eigenvalue weighted by Gasteiger charge is -2.27. The Hall–Kier alpha value is -5.93. The van der Waals surface area contributed by atoms with E-state index in [1.807, 2.05) is 54.6 Å². The van der Waals surface area contributed by atoms with Crippen molar-refractivity contribution in [3.63, 3.8) is 0 Å². The van der Waals surface area contributed by atoms with Crippen molar-refractivity contribution < 1.29 is 43.8 Å². The number of aliphatic hydroxyl groups excluding tert-OH is 1. The number of carbonyl (C=O) groups is 7. The molecule has 1 aromatic heterocycles. The smallest absolute Gasteiger partial charge is 0.244 e. The van der Waals surface area contributed by atoms with E-state index in [0.717, 1.165) is 38.1 Å². The summed E-state index contributed by atoms with van der Waals surface area (Å²) in [6.45, 7) is 1.57. The van der Waals surface area contributed by atoms with E-state index in [0.29, 0.717) is 30.5 Å². The number of rotatable bonds is 17. The van der Waals surface area contributed by atoms with E-state index in [9.17, 15) is 43.8 Å². The van der Waals surface area contributed by atoms with Crippen molar-refractivity contribution in [2.24, 2.45) is 23.1 Å². The van der Waals surface area contributed by atoms with Crippen LogP contribution in [0.5, 0.6) is 5.75 Å². The molecule has 1 saturated heterocycles. The number of aromatic amines is 1. The Morgan fingerprint density at radius 3 is 2.08 bits per heavy atom. The number of carbonyl (C=O) groups excluding carboxylic acids is 7. The molecule has 1 aliphatic rings. The standard InChI is InChI=1S/C46H59N9O9S2/c1-26(56)40(41(49)59)55-46(64)38-25-66-65-24-30(22-39(58)33(48)19-27-9-3-2-4-10-27)42(60)52-36(20-28-14-16-31(57)17-15-28)44(62)53-37(21-29-23-50-34-12-6-5-11-32(29)34)45(63)51-35(43(61)54-38)13-7-8-18-47/h2-6,9-12,14-17,23,26,30,33,35-38,40,50,56-57H,7-8,13,18-22,24-25,47-48H2,1H3,(H2,49,59)(H,51,63)(H,52,60)(H,53,62)(H,54,61)(H,55,64). The van der Waals surface area contributed by atoms with E-state index in [2.05, 4.69) is 31.6 Å². The molecule has 20 heteroatoms. The average Bonchev–Trinajstić information content (AvgIpc) is 3.70. The number of phenols is 1. The molecule has 8 unspecified atom stereocenters. The quantitative estimate of drug-likeness (QED) is 0.0512. The maximum Gasteiger partial charge on any atom is 0.244 e. The van der Waals surface area contributed by atoms with Crippen LogP contribution in [0.1, 0.15) is 49.3 Å². The molecule has 0 spiro atoms. The number of benzene rings is 3. The molecule has 3 aromatic carbocycles. The van der Waals surface area contributed by atoms with Crippen LogP contribution in [0, 0.1) is 5.92 Å². The van der Waals surface area contributed by atoms with Gasteiger partial charge in [0.05, 0.1) is 18.1 Å². The molecule has 0 aliphatic carbocycles. The zero-order valence-electron chi connectivity index (χ0n) is 36.6. The molecule has 354 valence electrons. The third-order valence-corrected chi connectivity index (χ3v) is 13.6. The van der Waals surface area contributed by atoms with Crippen LogP contribution in [0.3, 0.4) is 0 Å². The molecule has 2 heterocycles. The predicted molar refractivity (Wildman–Crippen MR) is 253 cm³/mol. The maximum absolute atomic E-state index is 14.6. The SMILES string of the molecule is CC(O)C(NC(=O)C1CSSCC(CC(=O)C(N)Cc2ccccc2)C(=O)NC(Cc2ccc(O)cc2)C(=O)NC(Cc2c[nH]c3ccccc23)C(=O)NC(CCCCN)C(=O)N1)C(N)=O. The van der Waals surface area contributed by atoms with Crippen molar-refractivity contribution in [2.75, 3.05) is 18.1 Å². The first kappa shape index (κ1) is 51.1. The Balaban J connectivity index is 1.54. The van der Waals surface area contributed by atoms with Gasteiger partial charge in [-0.15, -0.1) is 0 Å². The number of H-pyrrole nitrogens is 1. The number of primary amides is 1. The second kappa shape index (κ2) is 25.1. The summed E-state index contributed by atoms with van der Waals surface area (Å²) in [5, 5.41) is 34.6. The van der Waals surface area contributed by atoms with Crippen LogP contribution in [-0.2, 0) is 52.8 Å². The molecule has 0 saturated carbocycles. The number of aromatic hydroxyl groups is 1. The van der Waals surface area contributed by atoms with Crippen molar-refractivity contribution in [2.45, 2.75) is 94.2 Å². The molecule has 5 rings (SSSR count). The lowest BCUT2D eigenvalue weighted by Crippen LogP contribution is -2.60. The van der Waals surface area contributed by atoms with Crippen molar-refractivity contribution in [3.05, 3.63) is 102 Å². The van der Waals surface area contributed by atoms with E-state index >= 15 is 0 Å². The minimum Gasteiger partial charge on any atom is -0.508 e. The van der Waals surface area contributed by atoms with E-state index < -0.39 is 89.5 Å². The molecular formula is C46H59N9O9S2. The Kier molecular flexibility index (Phi) is 19.4. The number of hydrogen-bond donors (Lipinski definition) is 11. The fourth-order valence-electron chi connectivity index (χ4n) is 7.39. The number of phenolic OH excluding ortho intramolecular Hbond substituents is 1. The van der Waals surface area contributed by atoms with Crippen molar-refractivity contribution in [1.82, 2.24) is 31.6 Å². The van der Waals surface area contributed by atoms with Gasteiger partial charge in [0, 0.05) is 47.9 Å². The lowest BCUT2D eigenvalue weighted by atomic mass is 9.95. The first-order valence-electron chi connectivity index (χ1n) is 21.7. The van der Waals surface area contributed by atoms with Crippen LogP contribution in [-0.4, -0.2) is 117 Å². The molecule has 14 N–H and O–H groups in total. The van der Waals surface area contributed by atoms with Crippen LogP contribution in [0.25, 0.3) is 10.9 Å². The fourth-order valence-corrected chi connectivity index (χ4v) is 9.87. The van der Waals surface area contributed by atoms with E-state index in [4.69, 9.17) is 17.2 Å². The van der Waals surface area contributed by atoms with Gasteiger partial charge in [-0.2, -0.15) is 0 Å². The van der Waals surface area contributed by atoms with Gasteiger partial charge in [-0.1, -0.05) is 82.3 Å². The Morgan fingerprint density at radius 2 is 1.39 bits per heavy atom. The lowest BCUT2D eigenvalue weighted by molar-refractivity contribution is -0.135. The number of fused-ring (bicyclic) bond motifs is 1. The Bertz CT molecular complexity index is 2300. The first-order valence-corrected chi connectivity index (χ1v) is 24.2. The third kappa shape index (κ3) is 15.1. The molecule has 0 bridgehead atoms. The van der Waals surface area contributed by atoms with Gasteiger partial charge < -0.3 is 59.0 Å². The number of hydrogen-bond acceptors (Lipinski definition) is 13. The summed E-state index contributed by atoms with van der Waals surface area (Å²) < 4.78 is 0. The molecule has 4 aromatic rings. The number of aliphatic hydroxyl groups is 1. The van der Waals surface area contributed by atoms with Gasteiger partial charge in [0.1, 0.15) is 36.0 Å². The highest BCUT2D eigenvalue weighted by molar-refractivity contribution is 8.76. The summed E-state index contributed by atoms with van der Waals surface area (Å²) in [4.78, 5) is 101. The number of nitrogens with two attached hydrogens (primary N) is 3. The van der Waals surface area contributed by atoms with Gasteiger partial charge in [-0.05, 0) is 74.0 Å². The molecule has 1 fully saturated rings. The first-order chi connectivity index (χ1) is 31.6. The minimum atomic E-state index is -1.50. The van der Waals surface area contributed by atoms with Crippen LogP contribution in [0.15, 0.2) is 85.1 Å². The summed E-state index contributed by atoms with van der Waals surface area (Å²) in [5.41, 5.74) is 20.5. The summed E-state index contributed by atoms with van der Waals surface area (Å²) >= 11 is 0. The highest BCUT2D eigenvalue weighted by Gasteiger charge is 2.35. The van der Waals surface area contributed by atoms with Gasteiger partial charge >= 0.3 is 0 Å². The van der Waals surface area contributed by atoms with E-state index in [1.165, 1.54) is 19.1 Å². The summed E-state index contributed by atoms with van der Waals surface area (Å²) in [6, 6.07) is 14.9. The second-order valence-electron chi connectivity index (χ2n) is 16.3. The number of nitrogens with one attached hydrogen (secondary N) is 6. The normalized spacial score (nSPS) is 21.5. The third-order valence-electron chi connectivity index (χ3n) is 11.2. The molecule has 18 nitrogen and oxygen atoms in total. The van der Waals surface area contributed by atoms with Crippen LogP contribution in [0.2, 0.25) is 0 Å². The van der Waals surface area contributed by atoms with Gasteiger partial charge in [-0.25, -0.2) is 0 Å². The van der Waals surface area contributed by atoms with Gasteiger partial charge in [-0.3, -0.25) is 33.6 Å². The van der Waals surface area contributed by atoms with Gasteiger partial charge in [0.2, 0.25) is 35.4 Å². The Morgan fingerprint density at radius 1 is 0.773 bits per heavy atom.